The molecule has 0 spiro atoms. The number of ether oxygens (including phenoxy) is 2. The van der Waals surface area contributed by atoms with E-state index in [4.69, 9.17) is 26.1 Å². The number of aromatic nitrogens is 2. The van der Waals surface area contributed by atoms with Crippen LogP contribution in [-0.4, -0.2) is 28.0 Å². The third-order valence-corrected chi connectivity index (χ3v) is 7.80. The zero-order valence-corrected chi connectivity index (χ0v) is 21.5. The number of nitrogens with zero attached hydrogens (tertiary/aromatic N) is 2. The fourth-order valence-corrected chi connectivity index (χ4v) is 5.94. The maximum absolute atomic E-state index is 13.9. The van der Waals surface area contributed by atoms with Crippen molar-refractivity contribution in [3.05, 3.63) is 93.6 Å². The number of carbonyl (C=O) groups excluding carboxylic acids is 1. The van der Waals surface area contributed by atoms with Gasteiger partial charge in [0.15, 0.2) is 16.7 Å². The topological polar surface area (TPSA) is 82.5 Å². The van der Waals surface area contributed by atoms with E-state index >= 15 is 0 Å². The summed E-state index contributed by atoms with van der Waals surface area (Å²) >= 11 is 8.66. The molecular weight excluding hydrogens is 530 g/mol. The van der Waals surface area contributed by atoms with Crippen LogP contribution >= 0.6 is 34.7 Å². The molecule has 0 radical (unpaired) electrons. The fourth-order valence-electron chi connectivity index (χ4n) is 4.02. The molecule has 0 aliphatic carbocycles. The van der Waals surface area contributed by atoms with Crippen LogP contribution in [0.15, 0.2) is 88.1 Å². The number of thiophene rings is 1. The number of thioether (sulfide) groups is 1. The Balaban J connectivity index is 1.34. The number of anilines is 1. The highest BCUT2D eigenvalue weighted by molar-refractivity contribution is 7.99. The molecule has 1 amide bonds. The van der Waals surface area contributed by atoms with Gasteiger partial charge in [0.2, 0.25) is 12.7 Å². The summed E-state index contributed by atoms with van der Waals surface area (Å²) in [5.74, 6) is 1.07. The number of carbonyl (C=O) groups is 1. The number of nitrogens with one attached hydrogen (secondary N) is 1. The van der Waals surface area contributed by atoms with Crippen LogP contribution in [0.3, 0.4) is 0 Å². The molecule has 184 valence electrons. The molecule has 1 aliphatic heterocycles. The Kier molecular flexibility index (Phi) is 6.33. The average molecular weight is 548 g/mol. The molecule has 5 aromatic rings. The minimum atomic E-state index is -0.231. The molecule has 10 heteroatoms. The van der Waals surface area contributed by atoms with E-state index in [1.165, 1.54) is 23.1 Å². The van der Waals surface area contributed by atoms with E-state index in [2.05, 4.69) is 5.32 Å². The number of benzene rings is 3. The van der Waals surface area contributed by atoms with Gasteiger partial charge >= 0.3 is 0 Å². The summed E-state index contributed by atoms with van der Waals surface area (Å²) in [5, 5.41) is 6.39. The van der Waals surface area contributed by atoms with E-state index in [1.54, 1.807) is 34.9 Å². The first-order valence-electron chi connectivity index (χ1n) is 11.2. The minimum absolute atomic E-state index is 0.0641. The number of halogens is 1. The Hall–Kier alpha value is -3.79. The Bertz CT molecular complexity index is 1680. The summed E-state index contributed by atoms with van der Waals surface area (Å²) in [4.78, 5) is 32.1. The zero-order chi connectivity index (χ0) is 25.4. The largest absolute Gasteiger partial charge is 0.454 e. The summed E-state index contributed by atoms with van der Waals surface area (Å²) in [6.07, 6.45) is 0. The molecule has 0 unspecified atom stereocenters. The normalized spacial score (nSPS) is 12.1. The summed E-state index contributed by atoms with van der Waals surface area (Å²) in [7, 11) is 0. The molecule has 6 rings (SSSR count). The Morgan fingerprint density at radius 3 is 2.65 bits per heavy atom. The Labute approximate surface area is 224 Å². The lowest BCUT2D eigenvalue weighted by Gasteiger charge is -2.13. The summed E-state index contributed by atoms with van der Waals surface area (Å²) in [6.45, 7) is 0.163. The number of rotatable bonds is 6. The first-order chi connectivity index (χ1) is 18.1. The first-order valence-corrected chi connectivity index (χ1v) is 13.5. The van der Waals surface area contributed by atoms with E-state index in [0.717, 1.165) is 11.1 Å². The van der Waals surface area contributed by atoms with Crippen LogP contribution < -0.4 is 20.3 Å². The highest BCUT2D eigenvalue weighted by Crippen LogP contribution is 2.35. The van der Waals surface area contributed by atoms with Crippen LogP contribution in [0.5, 0.6) is 11.5 Å². The molecule has 0 saturated heterocycles. The summed E-state index contributed by atoms with van der Waals surface area (Å²) < 4.78 is 12.3. The Morgan fingerprint density at radius 1 is 1.05 bits per heavy atom. The van der Waals surface area contributed by atoms with Crippen molar-refractivity contribution in [2.75, 3.05) is 17.9 Å². The standard InChI is InChI=1S/C27H18ClN3O4S2/c28-17-8-6-16(7-9-17)20-13-36-25-24(20)26(33)31(19-4-2-1-3-5-19)27(30-25)37-14-23(32)29-18-10-11-21-22(12-18)35-15-34-21/h1-13H,14-15H2,(H,29,32). The molecule has 0 atom stereocenters. The van der Waals surface area contributed by atoms with Crippen molar-refractivity contribution >= 4 is 56.5 Å². The van der Waals surface area contributed by atoms with E-state index in [0.29, 0.717) is 43.3 Å². The molecule has 0 fully saturated rings. The molecule has 3 aromatic carbocycles. The highest BCUT2D eigenvalue weighted by Gasteiger charge is 2.20. The predicted octanol–water partition coefficient (Wildman–Crippen LogP) is 6.23. The van der Waals surface area contributed by atoms with Crippen molar-refractivity contribution in [2.24, 2.45) is 0 Å². The first kappa shape index (κ1) is 23.6. The molecule has 2 aromatic heterocycles. The van der Waals surface area contributed by atoms with Gasteiger partial charge in [0.05, 0.1) is 16.8 Å². The van der Waals surface area contributed by atoms with Gasteiger partial charge in [0.25, 0.3) is 5.56 Å². The predicted molar refractivity (Wildman–Crippen MR) is 148 cm³/mol. The van der Waals surface area contributed by atoms with E-state index in [9.17, 15) is 9.59 Å². The molecule has 1 aliphatic rings. The van der Waals surface area contributed by atoms with Crippen LogP contribution in [0.1, 0.15) is 0 Å². The van der Waals surface area contributed by atoms with Crippen molar-refractivity contribution in [1.82, 2.24) is 9.55 Å². The fraction of sp³-hybridized carbons (Fsp3) is 0.0741. The van der Waals surface area contributed by atoms with Crippen molar-refractivity contribution in [1.29, 1.82) is 0 Å². The second-order valence-electron chi connectivity index (χ2n) is 8.11. The maximum atomic E-state index is 13.9. The molecule has 1 N–H and O–H groups in total. The quantitative estimate of drug-likeness (QED) is 0.200. The molecule has 3 heterocycles. The van der Waals surface area contributed by atoms with Crippen molar-refractivity contribution in [2.45, 2.75) is 5.16 Å². The third kappa shape index (κ3) is 4.69. The van der Waals surface area contributed by atoms with Gasteiger partial charge < -0.3 is 14.8 Å². The second-order valence-corrected chi connectivity index (χ2v) is 10.3. The van der Waals surface area contributed by atoms with Crippen LogP contribution in [0.25, 0.3) is 27.0 Å². The highest BCUT2D eigenvalue weighted by atomic mass is 35.5. The van der Waals surface area contributed by atoms with Gasteiger partial charge in [0.1, 0.15) is 4.83 Å². The molecule has 7 nitrogen and oxygen atoms in total. The van der Waals surface area contributed by atoms with Gasteiger partial charge in [-0.2, -0.15) is 0 Å². The summed E-state index contributed by atoms with van der Waals surface area (Å²) in [6, 6.07) is 21.9. The number of hydrogen-bond donors (Lipinski definition) is 1. The lowest BCUT2D eigenvalue weighted by molar-refractivity contribution is -0.113. The van der Waals surface area contributed by atoms with Gasteiger partial charge in [0, 0.05) is 27.7 Å². The van der Waals surface area contributed by atoms with Gasteiger partial charge in [-0.1, -0.05) is 53.7 Å². The van der Waals surface area contributed by atoms with Crippen molar-refractivity contribution in [3.8, 4) is 28.3 Å². The number of para-hydroxylation sites is 1. The van der Waals surface area contributed by atoms with Gasteiger partial charge in [-0.05, 0) is 42.0 Å². The lowest BCUT2D eigenvalue weighted by atomic mass is 10.1. The van der Waals surface area contributed by atoms with Crippen LogP contribution in [0.4, 0.5) is 5.69 Å². The SMILES string of the molecule is O=C(CSc1nc2scc(-c3ccc(Cl)cc3)c2c(=O)n1-c1ccccc1)Nc1ccc2c(c1)OCO2. The molecule has 0 bridgehead atoms. The van der Waals surface area contributed by atoms with E-state index < -0.39 is 0 Å². The van der Waals surface area contributed by atoms with Gasteiger partial charge in [-0.3, -0.25) is 14.2 Å². The second kappa shape index (κ2) is 9.93. The monoisotopic (exact) mass is 547 g/mol. The van der Waals surface area contributed by atoms with Crippen LogP contribution in [0.2, 0.25) is 5.02 Å². The van der Waals surface area contributed by atoms with Crippen LogP contribution in [-0.2, 0) is 4.79 Å². The smallest absolute Gasteiger partial charge is 0.268 e. The number of hydrogen-bond acceptors (Lipinski definition) is 7. The number of fused-ring (bicyclic) bond motifs is 2. The molecule has 0 saturated carbocycles. The van der Waals surface area contributed by atoms with Gasteiger partial charge in [-0.25, -0.2) is 4.98 Å². The Morgan fingerprint density at radius 2 is 1.84 bits per heavy atom. The zero-order valence-electron chi connectivity index (χ0n) is 19.1. The average Bonchev–Trinajstić information content (AvgIpc) is 3.55. The number of amides is 1. The van der Waals surface area contributed by atoms with E-state index in [-0.39, 0.29) is 24.0 Å². The van der Waals surface area contributed by atoms with Crippen molar-refractivity contribution in [3.63, 3.8) is 0 Å². The van der Waals surface area contributed by atoms with E-state index in [1.807, 2.05) is 47.8 Å². The third-order valence-electron chi connectivity index (χ3n) is 5.74. The summed E-state index contributed by atoms with van der Waals surface area (Å²) in [5.41, 5.74) is 2.77. The lowest BCUT2D eigenvalue weighted by Crippen LogP contribution is -2.22. The molecular formula is C27H18ClN3O4S2. The minimum Gasteiger partial charge on any atom is -0.454 e. The van der Waals surface area contributed by atoms with Gasteiger partial charge in [-0.15, -0.1) is 11.3 Å². The maximum Gasteiger partial charge on any atom is 0.268 e. The van der Waals surface area contributed by atoms with Crippen LogP contribution in [0, 0.1) is 0 Å². The molecule has 37 heavy (non-hydrogen) atoms. The van der Waals surface area contributed by atoms with Crippen molar-refractivity contribution < 1.29 is 14.3 Å².